The molecule has 1 fully saturated rings. The van der Waals surface area contributed by atoms with Gasteiger partial charge in [-0.3, -0.25) is 0 Å². The van der Waals surface area contributed by atoms with Crippen LogP contribution in [0, 0.1) is 17.3 Å². The van der Waals surface area contributed by atoms with Crippen molar-refractivity contribution in [3.63, 3.8) is 0 Å². The summed E-state index contributed by atoms with van der Waals surface area (Å²) in [5.74, 6) is 1.45. The fourth-order valence-corrected chi connectivity index (χ4v) is 2.71. The van der Waals surface area contributed by atoms with E-state index in [1.165, 1.54) is 25.7 Å². The molecule has 0 aromatic rings. The summed E-state index contributed by atoms with van der Waals surface area (Å²) in [5.41, 5.74) is 0.522. The van der Waals surface area contributed by atoms with Gasteiger partial charge in [0.2, 0.25) is 0 Å². The van der Waals surface area contributed by atoms with E-state index in [9.17, 15) is 0 Å². The zero-order valence-corrected chi connectivity index (χ0v) is 10.5. The van der Waals surface area contributed by atoms with E-state index < -0.39 is 0 Å². The maximum absolute atomic E-state index is 8.65. The number of rotatable bonds is 5. The molecule has 90 valence electrons. The molecule has 2 atom stereocenters. The number of hydrogen-bond acceptors (Lipinski definition) is 2. The molecule has 1 N–H and O–H groups in total. The first-order chi connectivity index (χ1) is 7.05. The second-order valence-corrected chi connectivity index (χ2v) is 5.80. The Bertz CT molecular complexity index is 177. The summed E-state index contributed by atoms with van der Waals surface area (Å²) in [4.78, 5) is 0. The van der Waals surface area contributed by atoms with Crippen LogP contribution in [0.15, 0.2) is 0 Å². The average Bonchev–Trinajstić information content (AvgIpc) is 2.16. The Kier molecular flexibility index (Phi) is 5.07. The first kappa shape index (κ1) is 13.0. The van der Waals surface area contributed by atoms with Crippen LogP contribution in [-0.2, 0) is 4.74 Å². The van der Waals surface area contributed by atoms with E-state index in [-0.39, 0.29) is 6.61 Å². The molecule has 0 heterocycles. The second-order valence-electron chi connectivity index (χ2n) is 5.80. The maximum Gasteiger partial charge on any atom is 0.0697 e. The minimum absolute atomic E-state index is 0.142. The first-order valence-electron chi connectivity index (χ1n) is 6.24. The van der Waals surface area contributed by atoms with E-state index >= 15 is 0 Å². The van der Waals surface area contributed by atoms with Crippen molar-refractivity contribution in [2.45, 2.75) is 46.5 Å². The van der Waals surface area contributed by atoms with Gasteiger partial charge in [0.15, 0.2) is 0 Å². The normalized spacial score (nSPS) is 27.6. The molecule has 2 nitrogen and oxygen atoms in total. The van der Waals surface area contributed by atoms with Crippen LogP contribution in [0.4, 0.5) is 0 Å². The Morgan fingerprint density at radius 1 is 1.47 bits per heavy atom. The first-order valence-corrected chi connectivity index (χ1v) is 6.24. The number of hydrogen-bond donors (Lipinski definition) is 1. The predicted octanol–water partition coefficient (Wildman–Crippen LogP) is 2.85. The molecule has 0 spiro atoms. The topological polar surface area (TPSA) is 29.5 Å². The van der Waals surface area contributed by atoms with Gasteiger partial charge < -0.3 is 9.84 Å². The van der Waals surface area contributed by atoms with Gasteiger partial charge in [0.1, 0.15) is 0 Å². The van der Waals surface area contributed by atoms with Gasteiger partial charge in [-0.25, -0.2) is 0 Å². The maximum atomic E-state index is 8.65. The average molecular weight is 214 g/mol. The lowest BCUT2D eigenvalue weighted by atomic mass is 9.69. The summed E-state index contributed by atoms with van der Waals surface area (Å²) in [6, 6.07) is 0. The van der Waals surface area contributed by atoms with Crippen LogP contribution in [-0.4, -0.2) is 24.9 Å². The fourth-order valence-electron chi connectivity index (χ4n) is 2.71. The van der Waals surface area contributed by atoms with Crippen molar-refractivity contribution in [1.82, 2.24) is 0 Å². The molecule has 1 saturated carbocycles. The molecule has 15 heavy (non-hydrogen) atoms. The van der Waals surface area contributed by atoms with Crippen LogP contribution < -0.4 is 0 Å². The minimum Gasteiger partial charge on any atom is -0.394 e. The molecule has 2 heteroatoms. The Balaban J connectivity index is 2.29. The van der Waals surface area contributed by atoms with Crippen molar-refractivity contribution in [2.24, 2.45) is 17.3 Å². The third kappa shape index (κ3) is 4.52. The van der Waals surface area contributed by atoms with Crippen molar-refractivity contribution in [3.8, 4) is 0 Å². The highest BCUT2D eigenvalue weighted by Crippen LogP contribution is 2.41. The molecular formula is C13H26O2. The van der Waals surface area contributed by atoms with Crippen molar-refractivity contribution in [3.05, 3.63) is 0 Å². The lowest BCUT2D eigenvalue weighted by Crippen LogP contribution is -2.28. The molecule has 0 aromatic carbocycles. The molecule has 0 aromatic heterocycles. The second kappa shape index (κ2) is 5.86. The van der Waals surface area contributed by atoms with Gasteiger partial charge in [-0.2, -0.15) is 0 Å². The monoisotopic (exact) mass is 214 g/mol. The number of aliphatic hydroxyl groups is 1. The van der Waals surface area contributed by atoms with Crippen molar-refractivity contribution < 1.29 is 9.84 Å². The van der Waals surface area contributed by atoms with Crippen molar-refractivity contribution >= 4 is 0 Å². The van der Waals surface area contributed by atoms with Gasteiger partial charge in [0.05, 0.1) is 13.2 Å². The van der Waals surface area contributed by atoms with E-state index in [1.807, 2.05) is 0 Å². The summed E-state index contributed by atoms with van der Waals surface area (Å²) in [6.07, 6.45) is 5.42. The summed E-state index contributed by atoms with van der Waals surface area (Å²) in [5, 5.41) is 8.65. The van der Waals surface area contributed by atoms with E-state index in [4.69, 9.17) is 9.84 Å². The molecule has 1 aliphatic rings. The molecule has 0 aliphatic heterocycles. The van der Waals surface area contributed by atoms with Gasteiger partial charge in [0.25, 0.3) is 0 Å². The SMILES string of the molecule is CC(COCCO)C1CCCC(C)(C)C1. The van der Waals surface area contributed by atoms with Crippen LogP contribution in [0.5, 0.6) is 0 Å². The molecule has 0 bridgehead atoms. The van der Waals surface area contributed by atoms with Gasteiger partial charge >= 0.3 is 0 Å². The smallest absolute Gasteiger partial charge is 0.0697 e. The lowest BCUT2D eigenvalue weighted by Gasteiger charge is -2.38. The molecular weight excluding hydrogens is 188 g/mol. The van der Waals surface area contributed by atoms with E-state index in [1.54, 1.807) is 0 Å². The number of aliphatic hydroxyl groups excluding tert-OH is 1. The minimum atomic E-state index is 0.142. The standard InChI is InChI=1S/C13H26O2/c1-11(10-15-8-7-14)12-5-4-6-13(2,3)9-12/h11-12,14H,4-10H2,1-3H3. The summed E-state index contributed by atoms with van der Waals surface area (Å²) >= 11 is 0. The lowest BCUT2D eigenvalue weighted by molar-refractivity contribution is 0.0370. The van der Waals surface area contributed by atoms with Crippen LogP contribution in [0.2, 0.25) is 0 Å². The molecule has 0 saturated heterocycles. The summed E-state index contributed by atoms with van der Waals surface area (Å²) in [7, 11) is 0. The fraction of sp³-hybridized carbons (Fsp3) is 1.00. The van der Waals surface area contributed by atoms with Gasteiger partial charge in [-0.15, -0.1) is 0 Å². The van der Waals surface area contributed by atoms with Crippen molar-refractivity contribution in [2.75, 3.05) is 19.8 Å². The molecule has 1 rings (SSSR count). The third-order valence-corrected chi connectivity index (χ3v) is 3.66. The zero-order valence-electron chi connectivity index (χ0n) is 10.5. The summed E-state index contributed by atoms with van der Waals surface area (Å²) in [6.45, 7) is 8.47. The van der Waals surface area contributed by atoms with E-state index in [0.717, 1.165) is 12.5 Å². The molecule has 2 unspecified atom stereocenters. The highest BCUT2D eigenvalue weighted by Gasteiger charge is 2.30. The predicted molar refractivity (Wildman–Crippen MR) is 62.8 cm³/mol. The third-order valence-electron chi connectivity index (χ3n) is 3.66. The summed E-state index contributed by atoms with van der Waals surface area (Å²) < 4.78 is 5.42. The number of ether oxygens (including phenoxy) is 1. The highest BCUT2D eigenvalue weighted by atomic mass is 16.5. The Labute approximate surface area is 94.0 Å². The van der Waals surface area contributed by atoms with Crippen LogP contribution in [0.3, 0.4) is 0 Å². The zero-order chi connectivity index (χ0) is 11.3. The Morgan fingerprint density at radius 3 is 2.80 bits per heavy atom. The molecule has 1 aliphatic carbocycles. The van der Waals surface area contributed by atoms with Crippen molar-refractivity contribution in [1.29, 1.82) is 0 Å². The largest absolute Gasteiger partial charge is 0.394 e. The molecule has 0 amide bonds. The highest BCUT2D eigenvalue weighted by molar-refractivity contribution is 4.81. The van der Waals surface area contributed by atoms with E-state index in [0.29, 0.717) is 17.9 Å². The van der Waals surface area contributed by atoms with Crippen LogP contribution in [0.1, 0.15) is 46.5 Å². The van der Waals surface area contributed by atoms with Gasteiger partial charge in [-0.1, -0.05) is 33.6 Å². The van der Waals surface area contributed by atoms with Gasteiger partial charge in [0, 0.05) is 6.61 Å². The van der Waals surface area contributed by atoms with Crippen LogP contribution >= 0.6 is 0 Å². The Hall–Kier alpha value is -0.0800. The quantitative estimate of drug-likeness (QED) is 0.713. The molecule has 0 radical (unpaired) electrons. The van der Waals surface area contributed by atoms with E-state index in [2.05, 4.69) is 20.8 Å². The Morgan fingerprint density at radius 2 is 2.20 bits per heavy atom. The van der Waals surface area contributed by atoms with Gasteiger partial charge in [-0.05, 0) is 30.1 Å². The van der Waals surface area contributed by atoms with Crippen LogP contribution in [0.25, 0.3) is 0 Å².